The molecule has 1 aliphatic carbocycles. The lowest BCUT2D eigenvalue weighted by atomic mass is 10.1. The van der Waals surface area contributed by atoms with Gasteiger partial charge in [-0.05, 0) is 30.4 Å². The van der Waals surface area contributed by atoms with Gasteiger partial charge in [0, 0.05) is 18.3 Å². The highest BCUT2D eigenvalue weighted by Crippen LogP contribution is 2.37. The Morgan fingerprint density at radius 3 is 2.88 bits per heavy atom. The van der Waals surface area contributed by atoms with Crippen molar-refractivity contribution in [3.8, 4) is 6.07 Å². The number of nitrogens with one attached hydrogen (secondary N) is 1. The first-order valence-corrected chi connectivity index (χ1v) is 5.54. The second-order valence-electron chi connectivity index (χ2n) is 4.45. The standard InChI is InChI=1S/C12H13N3O2/c1-8-4-10(8)7-14-11-2-3-12(15(16)17)9(5-11)6-13/h2-3,5,8,10,14H,4,7H2,1H3. The molecular weight excluding hydrogens is 218 g/mol. The minimum Gasteiger partial charge on any atom is -0.385 e. The largest absolute Gasteiger partial charge is 0.385 e. The molecule has 0 amide bonds. The molecule has 88 valence electrons. The Labute approximate surface area is 99.2 Å². The molecule has 0 bridgehead atoms. The van der Waals surface area contributed by atoms with E-state index in [0.717, 1.165) is 18.2 Å². The Bertz CT molecular complexity index is 493. The first-order chi connectivity index (χ1) is 8.11. The number of hydrogen-bond acceptors (Lipinski definition) is 4. The summed E-state index contributed by atoms with van der Waals surface area (Å²) < 4.78 is 0. The summed E-state index contributed by atoms with van der Waals surface area (Å²) in [5.41, 5.74) is 0.730. The average Bonchev–Trinajstić information content (AvgIpc) is 3.02. The molecule has 1 aromatic rings. The van der Waals surface area contributed by atoms with Crippen LogP contribution in [0.3, 0.4) is 0 Å². The molecule has 5 nitrogen and oxygen atoms in total. The zero-order valence-corrected chi connectivity index (χ0v) is 9.51. The van der Waals surface area contributed by atoms with Crippen molar-refractivity contribution in [1.29, 1.82) is 5.26 Å². The molecule has 0 radical (unpaired) electrons. The Balaban J connectivity index is 2.09. The van der Waals surface area contributed by atoms with E-state index in [1.807, 2.05) is 6.07 Å². The van der Waals surface area contributed by atoms with Crippen molar-refractivity contribution in [2.75, 3.05) is 11.9 Å². The van der Waals surface area contributed by atoms with Crippen LogP contribution >= 0.6 is 0 Å². The van der Waals surface area contributed by atoms with Gasteiger partial charge >= 0.3 is 0 Å². The van der Waals surface area contributed by atoms with Gasteiger partial charge in [-0.3, -0.25) is 10.1 Å². The molecule has 1 fully saturated rings. The van der Waals surface area contributed by atoms with Gasteiger partial charge in [0.05, 0.1) is 4.92 Å². The summed E-state index contributed by atoms with van der Waals surface area (Å²) in [6, 6.07) is 6.40. The number of hydrogen-bond donors (Lipinski definition) is 1. The topological polar surface area (TPSA) is 79.0 Å². The second-order valence-corrected chi connectivity index (χ2v) is 4.45. The van der Waals surface area contributed by atoms with Crippen LogP contribution in [0.5, 0.6) is 0 Å². The highest BCUT2D eigenvalue weighted by molar-refractivity contribution is 5.58. The molecule has 0 aromatic heterocycles. The summed E-state index contributed by atoms with van der Waals surface area (Å²) in [4.78, 5) is 10.1. The quantitative estimate of drug-likeness (QED) is 0.637. The summed E-state index contributed by atoms with van der Waals surface area (Å²) in [6.07, 6.45) is 1.23. The summed E-state index contributed by atoms with van der Waals surface area (Å²) in [6.45, 7) is 3.06. The molecule has 1 aliphatic rings. The predicted molar refractivity (Wildman–Crippen MR) is 63.6 cm³/mol. The van der Waals surface area contributed by atoms with E-state index in [0.29, 0.717) is 5.92 Å². The Morgan fingerprint density at radius 1 is 1.65 bits per heavy atom. The van der Waals surface area contributed by atoms with Crippen LogP contribution in [0.1, 0.15) is 18.9 Å². The van der Waals surface area contributed by atoms with Gasteiger partial charge in [0.15, 0.2) is 0 Å². The molecule has 0 saturated heterocycles. The number of nitriles is 1. The third-order valence-electron chi connectivity index (χ3n) is 3.16. The summed E-state index contributed by atoms with van der Waals surface area (Å²) in [7, 11) is 0. The smallest absolute Gasteiger partial charge is 0.287 e. The van der Waals surface area contributed by atoms with Crippen LogP contribution in [0.15, 0.2) is 18.2 Å². The monoisotopic (exact) mass is 231 g/mol. The van der Waals surface area contributed by atoms with Crippen molar-refractivity contribution in [2.24, 2.45) is 11.8 Å². The molecule has 0 aliphatic heterocycles. The zero-order valence-electron chi connectivity index (χ0n) is 9.51. The lowest BCUT2D eigenvalue weighted by Gasteiger charge is -2.05. The predicted octanol–water partition coefficient (Wildman–Crippen LogP) is 2.53. The van der Waals surface area contributed by atoms with Gasteiger partial charge in [-0.1, -0.05) is 6.92 Å². The first-order valence-electron chi connectivity index (χ1n) is 5.54. The lowest BCUT2D eigenvalue weighted by molar-refractivity contribution is -0.385. The third-order valence-corrected chi connectivity index (χ3v) is 3.16. The Hall–Kier alpha value is -2.09. The van der Waals surface area contributed by atoms with E-state index in [2.05, 4.69) is 12.2 Å². The highest BCUT2D eigenvalue weighted by Gasteiger charge is 2.31. The van der Waals surface area contributed by atoms with E-state index in [1.165, 1.54) is 18.6 Å². The Kier molecular flexibility index (Phi) is 2.96. The van der Waals surface area contributed by atoms with E-state index >= 15 is 0 Å². The van der Waals surface area contributed by atoms with Crippen molar-refractivity contribution in [3.05, 3.63) is 33.9 Å². The third kappa shape index (κ3) is 2.53. The van der Waals surface area contributed by atoms with Gasteiger partial charge in [0.2, 0.25) is 0 Å². The molecule has 2 atom stereocenters. The van der Waals surface area contributed by atoms with E-state index in [-0.39, 0.29) is 11.3 Å². The van der Waals surface area contributed by atoms with Crippen molar-refractivity contribution >= 4 is 11.4 Å². The average molecular weight is 231 g/mol. The maximum Gasteiger partial charge on any atom is 0.287 e. The normalized spacial score (nSPS) is 21.6. The number of nitro groups is 1. The fraction of sp³-hybridized carbons (Fsp3) is 0.417. The molecule has 5 heteroatoms. The SMILES string of the molecule is CC1CC1CNc1ccc([N+](=O)[O-])c(C#N)c1. The minimum absolute atomic E-state index is 0.101. The van der Waals surface area contributed by atoms with Crippen molar-refractivity contribution < 1.29 is 4.92 Å². The maximum absolute atomic E-state index is 10.6. The van der Waals surface area contributed by atoms with Crippen LogP contribution in [0.2, 0.25) is 0 Å². The van der Waals surface area contributed by atoms with Crippen LogP contribution in [0.4, 0.5) is 11.4 Å². The van der Waals surface area contributed by atoms with Gasteiger partial charge in [0.1, 0.15) is 11.6 Å². The zero-order chi connectivity index (χ0) is 12.4. The summed E-state index contributed by atoms with van der Waals surface area (Å²) in [5.74, 6) is 1.45. The van der Waals surface area contributed by atoms with Crippen LogP contribution in [0.25, 0.3) is 0 Å². The van der Waals surface area contributed by atoms with E-state index in [1.54, 1.807) is 6.07 Å². The van der Waals surface area contributed by atoms with E-state index in [9.17, 15) is 10.1 Å². The molecular formula is C12H13N3O2. The van der Waals surface area contributed by atoms with Crippen molar-refractivity contribution in [3.63, 3.8) is 0 Å². The fourth-order valence-corrected chi connectivity index (χ4v) is 1.83. The Morgan fingerprint density at radius 2 is 2.35 bits per heavy atom. The van der Waals surface area contributed by atoms with E-state index in [4.69, 9.17) is 5.26 Å². The molecule has 0 heterocycles. The summed E-state index contributed by atoms with van der Waals surface area (Å²) >= 11 is 0. The molecule has 17 heavy (non-hydrogen) atoms. The molecule has 1 N–H and O–H groups in total. The maximum atomic E-state index is 10.6. The van der Waals surface area contributed by atoms with Crippen molar-refractivity contribution in [2.45, 2.75) is 13.3 Å². The van der Waals surface area contributed by atoms with Gasteiger partial charge < -0.3 is 5.32 Å². The van der Waals surface area contributed by atoms with E-state index < -0.39 is 4.92 Å². The molecule has 0 spiro atoms. The molecule has 1 aromatic carbocycles. The van der Waals surface area contributed by atoms with Gasteiger partial charge in [-0.15, -0.1) is 0 Å². The number of nitro benzene ring substituents is 1. The number of benzene rings is 1. The molecule has 2 unspecified atom stereocenters. The van der Waals surface area contributed by atoms with Crippen LogP contribution in [-0.2, 0) is 0 Å². The van der Waals surface area contributed by atoms with Crippen LogP contribution < -0.4 is 5.32 Å². The molecule has 2 rings (SSSR count). The van der Waals surface area contributed by atoms with Crippen LogP contribution in [-0.4, -0.2) is 11.5 Å². The van der Waals surface area contributed by atoms with Crippen LogP contribution in [0, 0.1) is 33.3 Å². The fourth-order valence-electron chi connectivity index (χ4n) is 1.83. The lowest BCUT2D eigenvalue weighted by Crippen LogP contribution is -2.05. The highest BCUT2D eigenvalue weighted by atomic mass is 16.6. The minimum atomic E-state index is -0.536. The van der Waals surface area contributed by atoms with Gasteiger partial charge in [0.25, 0.3) is 5.69 Å². The molecule has 1 saturated carbocycles. The number of anilines is 1. The first kappa shape index (κ1) is 11.4. The number of rotatable bonds is 4. The number of nitrogens with zero attached hydrogens (tertiary/aromatic N) is 2. The second kappa shape index (κ2) is 4.42. The summed E-state index contributed by atoms with van der Waals surface area (Å²) in [5, 5.41) is 22.7. The van der Waals surface area contributed by atoms with Crippen molar-refractivity contribution in [1.82, 2.24) is 0 Å². The van der Waals surface area contributed by atoms with Gasteiger partial charge in [-0.25, -0.2) is 0 Å². The van der Waals surface area contributed by atoms with Gasteiger partial charge in [-0.2, -0.15) is 5.26 Å².